The van der Waals surface area contributed by atoms with E-state index in [1.165, 1.54) is 0 Å². The van der Waals surface area contributed by atoms with Crippen LogP contribution in [0.5, 0.6) is 11.5 Å². The molecule has 2 aliphatic rings. The molecule has 2 aliphatic heterocycles. The largest absolute Gasteiger partial charge is 0.486 e. The molecule has 0 bridgehead atoms. The molecule has 3 rings (SSSR count). The Bertz CT molecular complexity index is 669. The van der Waals surface area contributed by atoms with Crippen molar-refractivity contribution < 1.29 is 24.1 Å². The second-order valence-electron chi connectivity index (χ2n) is 7.27. The summed E-state index contributed by atoms with van der Waals surface area (Å²) in [5, 5.41) is 16.5. The normalized spacial score (nSPS) is 22.0. The van der Waals surface area contributed by atoms with Crippen LogP contribution in [0.4, 0.5) is 5.69 Å². The lowest BCUT2D eigenvalue weighted by Gasteiger charge is -2.36. The van der Waals surface area contributed by atoms with Crippen molar-refractivity contribution in [2.45, 2.75) is 18.9 Å². The summed E-state index contributed by atoms with van der Waals surface area (Å²) in [7, 11) is 3.49. The van der Waals surface area contributed by atoms with Crippen molar-refractivity contribution in [1.29, 1.82) is 0 Å². The summed E-state index contributed by atoms with van der Waals surface area (Å²) in [6.45, 7) is 4.53. The molecule has 2 atom stereocenters. The van der Waals surface area contributed by atoms with Crippen LogP contribution < -0.4 is 20.1 Å². The fourth-order valence-electron chi connectivity index (χ4n) is 3.71. The van der Waals surface area contributed by atoms with Gasteiger partial charge in [-0.05, 0) is 25.5 Å². The third kappa shape index (κ3) is 5.06. The van der Waals surface area contributed by atoms with Gasteiger partial charge < -0.3 is 34.9 Å². The Morgan fingerprint density at radius 1 is 1.36 bits per heavy atom. The SMILES string of the molecule is CNc1cc2c(c(C(=O)NC[C@@H]3CCN(CCCOC)CC3O)c1)OCCO2. The van der Waals surface area contributed by atoms with Gasteiger partial charge in [0.25, 0.3) is 5.91 Å². The molecular formula is C20H31N3O5. The molecule has 0 aliphatic carbocycles. The van der Waals surface area contributed by atoms with E-state index in [-0.39, 0.29) is 11.8 Å². The first-order valence-electron chi connectivity index (χ1n) is 9.91. The molecule has 1 aromatic rings. The van der Waals surface area contributed by atoms with Gasteiger partial charge in [-0.15, -0.1) is 0 Å². The van der Waals surface area contributed by atoms with Crippen LogP contribution in [0.3, 0.4) is 0 Å². The molecule has 156 valence electrons. The number of piperidine rings is 1. The van der Waals surface area contributed by atoms with Crippen molar-refractivity contribution >= 4 is 11.6 Å². The number of β-amino-alcohol motifs (C(OH)–C–C–N with tert-alkyl or cyclic N) is 1. The monoisotopic (exact) mass is 393 g/mol. The maximum absolute atomic E-state index is 12.8. The number of aliphatic hydroxyl groups excluding tert-OH is 1. The van der Waals surface area contributed by atoms with Gasteiger partial charge in [0, 0.05) is 58.1 Å². The van der Waals surface area contributed by atoms with E-state index in [1.54, 1.807) is 20.2 Å². The van der Waals surface area contributed by atoms with Gasteiger partial charge in [0.1, 0.15) is 13.2 Å². The number of hydrogen-bond acceptors (Lipinski definition) is 7. The average molecular weight is 393 g/mol. The highest BCUT2D eigenvalue weighted by molar-refractivity contribution is 5.99. The van der Waals surface area contributed by atoms with Gasteiger partial charge >= 0.3 is 0 Å². The quantitative estimate of drug-likeness (QED) is 0.566. The number of rotatable bonds is 8. The number of ether oxygens (including phenoxy) is 3. The summed E-state index contributed by atoms with van der Waals surface area (Å²) < 4.78 is 16.4. The molecule has 8 nitrogen and oxygen atoms in total. The van der Waals surface area contributed by atoms with Gasteiger partial charge in [-0.3, -0.25) is 4.79 Å². The van der Waals surface area contributed by atoms with E-state index in [0.29, 0.717) is 43.4 Å². The summed E-state index contributed by atoms with van der Waals surface area (Å²) in [4.78, 5) is 15.0. The van der Waals surface area contributed by atoms with Crippen LogP contribution in [0.2, 0.25) is 0 Å². The summed E-state index contributed by atoms with van der Waals surface area (Å²) in [6, 6.07) is 3.59. The van der Waals surface area contributed by atoms with Crippen molar-refractivity contribution in [3.05, 3.63) is 17.7 Å². The van der Waals surface area contributed by atoms with Gasteiger partial charge in [-0.1, -0.05) is 0 Å². The van der Waals surface area contributed by atoms with E-state index < -0.39 is 6.10 Å². The van der Waals surface area contributed by atoms with Gasteiger partial charge in [0.15, 0.2) is 11.5 Å². The fraction of sp³-hybridized carbons (Fsp3) is 0.650. The highest BCUT2D eigenvalue weighted by Gasteiger charge is 2.29. The number of anilines is 1. The minimum atomic E-state index is -0.450. The third-order valence-electron chi connectivity index (χ3n) is 5.33. The zero-order valence-corrected chi connectivity index (χ0v) is 16.7. The molecular weight excluding hydrogens is 362 g/mol. The standard InChI is InChI=1S/C20H31N3O5/c1-21-15-10-16(19-18(11-15)27-8-9-28-19)20(25)22-12-14-4-6-23(13-17(14)24)5-3-7-26-2/h10-11,14,17,21,24H,3-9,12-13H2,1-2H3,(H,22,25)/t14-,17?/m0/s1. The Labute approximate surface area is 166 Å². The summed E-state index contributed by atoms with van der Waals surface area (Å²) in [6.07, 6.45) is 1.36. The minimum Gasteiger partial charge on any atom is -0.486 e. The smallest absolute Gasteiger partial charge is 0.255 e. The number of nitrogens with zero attached hydrogens (tertiary/aromatic N) is 1. The lowest BCUT2D eigenvalue weighted by atomic mass is 9.93. The van der Waals surface area contributed by atoms with Crippen LogP contribution in [0.15, 0.2) is 12.1 Å². The maximum Gasteiger partial charge on any atom is 0.255 e. The summed E-state index contributed by atoms with van der Waals surface area (Å²) in [5.74, 6) is 0.889. The number of methoxy groups -OCH3 is 1. The molecule has 1 fully saturated rings. The fourth-order valence-corrected chi connectivity index (χ4v) is 3.71. The Balaban J connectivity index is 1.56. The zero-order chi connectivity index (χ0) is 19.9. The number of fused-ring (bicyclic) bond motifs is 1. The van der Waals surface area contributed by atoms with Crippen LogP contribution in [-0.4, -0.2) is 82.2 Å². The Morgan fingerprint density at radius 3 is 2.93 bits per heavy atom. The third-order valence-corrected chi connectivity index (χ3v) is 5.33. The lowest BCUT2D eigenvalue weighted by molar-refractivity contribution is 0.0192. The molecule has 0 aromatic heterocycles. The van der Waals surface area contributed by atoms with Crippen LogP contribution in [0.1, 0.15) is 23.2 Å². The van der Waals surface area contributed by atoms with Crippen molar-refractivity contribution in [2.24, 2.45) is 5.92 Å². The molecule has 8 heteroatoms. The summed E-state index contributed by atoms with van der Waals surface area (Å²) in [5.41, 5.74) is 1.24. The molecule has 1 unspecified atom stereocenters. The number of hydrogen-bond donors (Lipinski definition) is 3. The predicted molar refractivity (Wildman–Crippen MR) is 106 cm³/mol. The summed E-state index contributed by atoms with van der Waals surface area (Å²) >= 11 is 0. The molecule has 2 heterocycles. The molecule has 0 radical (unpaired) electrons. The van der Waals surface area contributed by atoms with E-state index in [0.717, 1.165) is 38.2 Å². The molecule has 28 heavy (non-hydrogen) atoms. The number of nitrogens with one attached hydrogen (secondary N) is 2. The van der Waals surface area contributed by atoms with Crippen molar-refractivity contribution in [3.63, 3.8) is 0 Å². The van der Waals surface area contributed by atoms with Crippen LogP contribution in [0, 0.1) is 5.92 Å². The second kappa shape index (κ2) is 9.95. The van der Waals surface area contributed by atoms with Crippen LogP contribution in [-0.2, 0) is 4.74 Å². The molecule has 0 spiro atoms. The van der Waals surface area contributed by atoms with Crippen molar-refractivity contribution in [1.82, 2.24) is 10.2 Å². The second-order valence-corrected chi connectivity index (χ2v) is 7.27. The number of carbonyl (C=O) groups is 1. The van der Waals surface area contributed by atoms with Crippen molar-refractivity contribution in [3.8, 4) is 11.5 Å². The lowest BCUT2D eigenvalue weighted by Crippen LogP contribution is -2.48. The first-order valence-corrected chi connectivity index (χ1v) is 9.91. The number of benzene rings is 1. The van der Waals surface area contributed by atoms with E-state index >= 15 is 0 Å². The topological polar surface area (TPSA) is 92.3 Å². The van der Waals surface area contributed by atoms with Crippen LogP contribution >= 0.6 is 0 Å². The maximum atomic E-state index is 12.8. The molecule has 3 N–H and O–H groups in total. The van der Waals surface area contributed by atoms with E-state index in [9.17, 15) is 9.90 Å². The number of amides is 1. The predicted octanol–water partition coefficient (Wildman–Crippen LogP) is 0.949. The highest BCUT2D eigenvalue weighted by atomic mass is 16.6. The molecule has 1 amide bonds. The first-order chi connectivity index (χ1) is 13.6. The van der Waals surface area contributed by atoms with Gasteiger partial charge in [-0.2, -0.15) is 0 Å². The van der Waals surface area contributed by atoms with E-state index in [2.05, 4.69) is 15.5 Å². The minimum absolute atomic E-state index is 0.0445. The molecule has 0 saturated carbocycles. The molecule has 1 saturated heterocycles. The van der Waals surface area contributed by atoms with Gasteiger partial charge in [0.2, 0.25) is 0 Å². The number of likely N-dealkylation sites (tertiary alicyclic amines) is 1. The first kappa shape index (κ1) is 20.7. The van der Waals surface area contributed by atoms with Gasteiger partial charge in [0.05, 0.1) is 11.7 Å². The van der Waals surface area contributed by atoms with Gasteiger partial charge in [-0.25, -0.2) is 0 Å². The van der Waals surface area contributed by atoms with E-state index in [1.807, 2.05) is 6.07 Å². The Morgan fingerprint density at radius 2 is 2.18 bits per heavy atom. The van der Waals surface area contributed by atoms with Crippen LogP contribution in [0.25, 0.3) is 0 Å². The highest BCUT2D eigenvalue weighted by Crippen LogP contribution is 2.37. The Hall–Kier alpha value is -2.03. The Kier molecular flexibility index (Phi) is 7.36. The van der Waals surface area contributed by atoms with Crippen molar-refractivity contribution in [2.75, 3.05) is 65.5 Å². The molecule has 1 aromatic carbocycles. The van der Waals surface area contributed by atoms with E-state index in [4.69, 9.17) is 14.2 Å². The zero-order valence-electron chi connectivity index (χ0n) is 16.7. The average Bonchev–Trinajstić information content (AvgIpc) is 2.72. The number of aliphatic hydroxyl groups is 1. The number of carbonyl (C=O) groups excluding carboxylic acids is 1.